The zero-order valence-electron chi connectivity index (χ0n) is 11.5. The van der Waals surface area contributed by atoms with Crippen molar-refractivity contribution in [2.24, 2.45) is 5.92 Å². The molecule has 0 amide bonds. The fraction of sp³-hybridized carbons (Fsp3) is 0.625. The van der Waals surface area contributed by atoms with Crippen molar-refractivity contribution in [1.82, 2.24) is 0 Å². The zero-order chi connectivity index (χ0) is 13.4. The van der Waals surface area contributed by atoms with E-state index in [-0.39, 0.29) is 5.82 Å². The van der Waals surface area contributed by atoms with Crippen LogP contribution in [0.15, 0.2) is 22.7 Å². The minimum absolute atomic E-state index is 0.169. The maximum atomic E-state index is 13.2. The highest BCUT2D eigenvalue weighted by molar-refractivity contribution is 9.10. The summed E-state index contributed by atoms with van der Waals surface area (Å²) in [5.41, 5.74) is 1.25. The topological polar surface area (TPSA) is 0 Å². The molecule has 0 unspecified atom stereocenters. The van der Waals surface area contributed by atoms with Crippen molar-refractivity contribution in [3.63, 3.8) is 0 Å². The molecule has 0 saturated heterocycles. The van der Waals surface area contributed by atoms with Gasteiger partial charge >= 0.3 is 0 Å². The standard InChI is InChI=1S/C16H24BrF/c1-3-5-7-13(8-6-4-2)11-14-9-10-16(18)15(17)12-14/h9-10,12-13H,3-8,11H2,1-2H3. The molecule has 18 heavy (non-hydrogen) atoms. The predicted molar refractivity (Wildman–Crippen MR) is 80.3 cm³/mol. The molecule has 0 heterocycles. The lowest BCUT2D eigenvalue weighted by molar-refractivity contribution is 0.417. The molecular formula is C16H24BrF. The first-order valence-corrected chi connectivity index (χ1v) is 7.90. The van der Waals surface area contributed by atoms with Crippen LogP contribution in [0.4, 0.5) is 4.39 Å². The highest BCUT2D eigenvalue weighted by atomic mass is 79.9. The lowest BCUT2D eigenvalue weighted by Crippen LogP contribution is -2.05. The van der Waals surface area contributed by atoms with Gasteiger partial charge in [0.1, 0.15) is 5.82 Å². The van der Waals surface area contributed by atoms with E-state index in [1.165, 1.54) is 44.1 Å². The first-order valence-electron chi connectivity index (χ1n) is 7.11. The highest BCUT2D eigenvalue weighted by Crippen LogP contribution is 2.24. The second-order valence-corrected chi connectivity index (χ2v) is 5.96. The van der Waals surface area contributed by atoms with Gasteiger partial charge in [0, 0.05) is 0 Å². The van der Waals surface area contributed by atoms with E-state index in [1.807, 2.05) is 12.1 Å². The minimum Gasteiger partial charge on any atom is -0.206 e. The first-order chi connectivity index (χ1) is 8.67. The molecule has 2 heteroatoms. The summed E-state index contributed by atoms with van der Waals surface area (Å²) in [6.45, 7) is 4.48. The Morgan fingerprint density at radius 3 is 2.22 bits per heavy atom. The molecule has 0 radical (unpaired) electrons. The molecule has 0 aliphatic rings. The van der Waals surface area contributed by atoms with Gasteiger partial charge in [-0.15, -0.1) is 0 Å². The fourth-order valence-electron chi connectivity index (χ4n) is 2.33. The molecular weight excluding hydrogens is 291 g/mol. The van der Waals surface area contributed by atoms with Crippen LogP contribution in [0, 0.1) is 11.7 Å². The monoisotopic (exact) mass is 314 g/mol. The minimum atomic E-state index is -0.169. The Kier molecular flexibility index (Phi) is 7.57. The normalized spacial score (nSPS) is 11.2. The average Bonchev–Trinajstić information content (AvgIpc) is 2.37. The fourth-order valence-corrected chi connectivity index (χ4v) is 2.76. The van der Waals surface area contributed by atoms with E-state index in [0.29, 0.717) is 4.47 Å². The molecule has 1 aromatic carbocycles. The zero-order valence-corrected chi connectivity index (χ0v) is 13.1. The van der Waals surface area contributed by atoms with Crippen LogP contribution in [-0.4, -0.2) is 0 Å². The van der Waals surface area contributed by atoms with Gasteiger partial charge in [0.05, 0.1) is 4.47 Å². The van der Waals surface area contributed by atoms with Crippen LogP contribution in [0.3, 0.4) is 0 Å². The maximum Gasteiger partial charge on any atom is 0.137 e. The van der Waals surface area contributed by atoms with Gasteiger partial charge in [-0.2, -0.15) is 0 Å². The first kappa shape index (κ1) is 15.7. The molecule has 1 rings (SSSR count). The van der Waals surface area contributed by atoms with Gasteiger partial charge in [0.2, 0.25) is 0 Å². The van der Waals surface area contributed by atoms with Crippen molar-refractivity contribution in [3.8, 4) is 0 Å². The molecule has 102 valence electrons. The van der Waals surface area contributed by atoms with Crippen molar-refractivity contribution in [2.75, 3.05) is 0 Å². The van der Waals surface area contributed by atoms with Gasteiger partial charge in [0.15, 0.2) is 0 Å². The van der Waals surface area contributed by atoms with Crippen LogP contribution in [0.5, 0.6) is 0 Å². The number of halogens is 2. The maximum absolute atomic E-state index is 13.2. The van der Waals surface area contributed by atoms with Crippen molar-refractivity contribution in [2.45, 2.75) is 58.8 Å². The average molecular weight is 315 g/mol. The Morgan fingerprint density at radius 2 is 1.72 bits per heavy atom. The lowest BCUT2D eigenvalue weighted by atomic mass is 9.90. The second-order valence-electron chi connectivity index (χ2n) is 5.10. The molecule has 0 saturated carbocycles. The Hall–Kier alpha value is -0.370. The molecule has 1 aromatic rings. The molecule has 0 aromatic heterocycles. The number of hydrogen-bond donors (Lipinski definition) is 0. The van der Waals surface area contributed by atoms with E-state index in [9.17, 15) is 4.39 Å². The second kappa shape index (κ2) is 8.68. The lowest BCUT2D eigenvalue weighted by Gasteiger charge is -2.16. The number of rotatable bonds is 8. The summed E-state index contributed by atoms with van der Waals surface area (Å²) < 4.78 is 13.8. The Balaban J connectivity index is 2.59. The van der Waals surface area contributed by atoms with Crippen LogP contribution >= 0.6 is 15.9 Å². The molecule has 0 aliphatic carbocycles. The van der Waals surface area contributed by atoms with Crippen LogP contribution in [0.25, 0.3) is 0 Å². The molecule has 0 bridgehead atoms. The van der Waals surface area contributed by atoms with Crippen molar-refractivity contribution < 1.29 is 4.39 Å². The summed E-state index contributed by atoms with van der Waals surface area (Å²) in [6, 6.07) is 5.42. The molecule has 0 atom stereocenters. The smallest absolute Gasteiger partial charge is 0.137 e. The van der Waals surface area contributed by atoms with Crippen LogP contribution < -0.4 is 0 Å². The summed E-state index contributed by atoms with van der Waals surface area (Å²) in [5.74, 6) is 0.583. The van der Waals surface area contributed by atoms with Crippen molar-refractivity contribution in [3.05, 3.63) is 34.1 Å². The Bertz CT molecular complexity index is 341. The largest absolute Gasteiger partial charge is 0.206 e. The van der Waals surface area contributed by atoms with Crippen molar-refractivity contribution >= 4 is 15.9 Å². The quantitative estimate of drug-likeness (QED) is 0.541. The molecule has 0 N–H and O–H groups in total. The molecule has 0 fully saturated rings. The van der Waals surface area contributed by atoms with Crippen LogP contribution in [0.2, 0.25) is 0 Å². The summed E-state index contributed by atoms with van der Waals surface area (Å²) in [6.07, 6.45) is 8.80. The molecule has 0 spiro atoms. The summed E-state index contributed by atoms with van der Waals surface area (Å²) in [5, 5.41) is 0. The molecule has 0 aliphatic heterocycles. The van der Waals surface area contributed by atoms with E-state index in [4.69, 9.17) is 0 Å². The number of hydrogen-bond acceptors (Lipinski definition) is 0. The Labute approximate surface area is 119 Å². The molecule has 0 nitrogen and oxygen atoms in total. The third kappa shape index (κ3) is 5.51. The third-order valence-corrected chi connectivity index (χ3v) is 4.05. The van der Waals surface area contributed by atoms with E-state index in [0.717, 1.165) is 12.3 Å². The highest BCUT2D eigenvalue weighted by Gasteiger charge is 2.10. The summed E-state index contributed by atoms with van der Waals surface area (Å²) in [4.78, 5) is 0. The van der Waals surface area contributed by atoms with Gasteiger partial charge in [-0.1, -0.05) is 58.4 Å². The van der Waals surface area contributed by atoms with Gasteiger partial charge in [-0.3, -0.25) is 0 Å². The summed E-state index contributed by atoms with van der Waals surface area (Å²) in [7, 11) is 0. The van der Waals surface area contributed by atoms with Crippen LogP contribution in [-0.2, 0) is 6.42 Å². The van der Waals surface area contributed by atoms with E-state index in [1.54, 1.807) is 6.07 Å². The van der Waals surface area contributed by atoms with E-state index >= 15 is 0 Å². The van der Waals surface area contributed by atoms with Gasteiger partial charge < -0.3 is 0 Å². The predicted octanol–water partition coefficient (Wildman–Crippen LogP) is 6.13. The van der Waals surface area contributed by atoms with Gasteiger partial charge in [-0.25, -0.2) is 4.39 Å². The van der Waals surface area contributed by atoms with Gasteiger partial charge in [0.25, 0.3) is 0 Å². The number of benzene rings is 1. The van der Waals surface area contributed by atoms with Crippen LogP contribution in [0.1, 0.15) is 57.9 Å². The Morgan fingerprint density at radius 1 is 1.11 bits per heavy atom. The van der Waals surface area contributed by atoms with Crippen molar-refractivity contribution in [1.29, 1.82) is 0 Å². The third-order valence-electron chi connectivity index (χ3n) is 3.44. The summed E-state index contributed by atoms with van der Waals surface area (Å²) >= 11 is 3.27. The van der Waals surface area contributed by atoms with E-state index in [2.05, 4.69) is 29.8 Å². The van der Waals surface area contributed by atoms with Gasteiger partial charge in [-0.05, 0) is 46.0 Å². The SMILES string of the molecule is CCCCC(CCCC)Cc1ccc(F)c(Br)c1. The van der Waals surface area contributed by atoms with E-state index < -0.39 is 0 Å². The number of unbranched alkanes of at least 4 members (excludes halogenated alkanes) is 2.